The predicted octanol–water partition coefficient (Wildman–Crippen LogP) is 2.81. The third-order valence-electron chi connectivity index (χ3n) is 4.58. The van der Waals surface area contributed by atoms with E-state index in [4.69, 9.17) is 4.52 Å². The summed E-state index contributed by atoms with van der Waals surface area (Å²) in [5.74, 6) is 0. The van der Waals surface area contributed by atoms with Crippen LogP contribution >= 0.6 is 0 Å². The molecule has 0 N–H and O–H groups in total. The zero-order chi connectivity index (χ0) is 15.2. The van der Waals surface area contributed by atoms with Crippen LogP contribution in [0.2, 0.25) is 0 Å². The summed E-state index contributed by atoms with van der Waals surface area (Å²) in [5.41, 5.74) is 2.46. The first kappa shape index (κ1) is 15.3. The van der Waals surface area contributed by atoms with E-state index in [2.05, 4.69) is 52.3 Å². The first-order chi connectivity index (χ1) is 10.8. The Morgan fingerprint density at radius 3 is 2.91 bits per heavy atom. The van der Waals surface area contributed by atoms with Gasteiger partial charge in [0.05, 0.1) is 5.69 Å². The number of hydrogen-bond acceptors (Lipinski definition) is 4. The fraction of sp³-hybridized carbons (Fsp3) is 0.500. The fourth-order valence-corrected chi connectivity index (χ4v) is 3.22. The van der Waals surface area contributed by atoms with E-state index in [1.807, 2.05) is 6.07 Å². The topological polar surface area (TPSA) is 32.5 Å². The number of benzene rings is 1. The molecule has 1 aromatic heterocycles. The number of likely N-dealkylation sites (N-methyl/N-ethyl adjacent to an activating group) is 1. The van der Waals surface area contributed by atoms with Gasteiger partial charge in [0.2, 0.25) is 0 Å². The van der Waals surface area contributed by atoms with Gasteiger partial charge >= 0.3 is 0 Å². The molecule has 2 heterocycles. The highest BCUT2D eigenvalue weighted by molar-refractivity contribution is 5.14. The van der Waals surface area contributed by atoms with Crippen molar-refractivity contribution in [2.24, 2.45) is 0 Å². The largest absolute Gasteiger partial charge is 0.364 e. The molecule has 1 aromatic carbocycles. The molecule has 0 unspecified atom stereocenters. The second-order valence-electron chi connectivity index (χ2n) is 6.24. The van der Waals surface area contributed by atoms with Gasteiger partial charge in [0, 0.05) is 31.7 Å². The number of likely N-dealkylation sites (tertiary alicyclic amines) is 1. The van der Waals surface area contributed by atoms with Crippen LogP contribution in [0.1, 0.15) is 24.1 Å². The van der Waals surface area contributed by atoms with E-state index in [0.717, 1.165) is 38.3 Å². The molecular weight excluding hydrogens is 274 g/mol. The van der Waals surface area contributed by atoms with Gasteiger partial charge in [0.15, 0.2) is 0 Å². The van der Waals surface area contributed by atoms with Crippen molar-refractivity contribution in [1.29, 1.82) is 0 Å². The predicted molar refractivity (Wildman–Crippen MR) is 87.6 cm³/mol. The summed E-state index contributed by atoms with van der Waals surface area (Å²) < 4.78 is 4.93. The minimum atomic E-state index is 0.643. The smallest absolute Gasteiger partial charge is 0.124 e. The summed E-state index contributed by atoms with van der Waals surface area (Å²) in [7, 11) is 2.26. The number of rotatable bonds is 6. The third-order valence-corrected chi connectivity index (χ3v) is 4.58. The van der Waals surface area contributed by atoms with E-state index >= 15 is 0 Å². The van der Waals surface area contributed by atoms with Gasteiger partial charge in [-0.1, -0.05) is 35.5 Å². The number of hydrogen-bond donors (Lipinski definition) is 0. The normalized spacial score (nSPS) is 19.6. The average Bonchev–Trinajstić information content (AvgIpc) is 3.07. The van der Waals surface area contributed by atoms with Gasteiger partial charge < -0.3 is 9.42 Å². The van der Waals surface area contributed by atoms with Gasteiger partial charge in [-0.2, -0.15) is 0 Å². The first-order valence-corrected chi connectivity index (χ1v) is 8.17. The number of nitrogens with zero attached hydrogens (tertiary/aromatic N) is 3. The van der Waals surface area contributed by atoms with Crippen LogP contribution in [0.5, 0.6) is 0 Å². The summed E-state index contributed by atoms with van der Waals surface area (Å²) in [6.45, 7) is 4.31. The van der Waals surface area contributed by atoms with Gasteiger partial charge in [0.1, 0.15) is 6.26 Å². The van der Waals surface area contributed by atoms with Crippen molar-refractivity contribution in [1.82, 2.24) is 15.0 Å². The Kier molecular flexibility index (Phi) is 5.24. The van der Waals surface area contributed by atoms with Crippen LogP contribution in [0.3, 0.4) is 0 Å². The standard InChI is InChI=1S/C18H25N3O/c1-20(12-9-16-6-3-2-4-7-16)18-8-5-11-21(15-18)14-17-10-13-22-19-17/h2-4,6-7,10,13,18H,5,8-9,11-12,14-15H2,1H3/t18-/m0/s1. The summed E-state index contributed by atoms with van der Waals surface area (Å²) in [4.78, 5) is 5.01. The monoisotopic (exact) mass is 299 g/mol. The second kappa shape index (κ2) is 7.56. The van der Waals surface area contributed by atoms with Gasteiger partial charge in [-0.25, -0.2) is 0 Å². The molecule has 1 fully saturated rings. The molecule has 1 aliphatic rings. The summed E-state index contributed by atoms with van der Waals surface area (Å²) >= 11 is 0. The van der Waals surface area contributed by atoms with Crippen molar-refractivity contribution in [2.45, 2.75) is 31.8 Å². The van der Waals surface area contributed by atoms with Crippen LogP contribution in [0.25, 0.3) is 0 Å². The zero-order valence-corrected chi connectivity index (χ0v) is 13.3. The van der Waals surface area contributed by atoms with Crippen LogP contribution in [-0.2, 0) is 13.0 Å². The van der Waals surface area contributed by atoms with Crippen molar-refractivity contribution in [3.63, 3.8) is 0 Å². The molecule has 0 bridgehead atoms. The molecule has 1 saturated heterocycles. The van der Waals surface area contributed by atoms with Crippen LogP contribution in [0.15, 0.2) is 47.2 Å². The maximum absolute atomic E-state index is 4.93. The van der Waals surface area contributed by atoms with E-state index in [1.54, 1.807) is 6.26 Å². The maximum atomic E-state index is 4.93. The van der Waals surface area contributed by atoms with Crippen molar-refractivity contribution in [3.05, 3.63) is 53.9 Å². The molecule has 1 aliphatic heterocycles. The minimum absolute atomic E-state index is 0.643. The molecule has 0 saturated carbocycles. The lowest BCUT2D eigenvalue weighted by atomic mass is 10.0. The van der Waals surface area contributed by atoms with Crippen molar-refractivity contribution in [2.75, 3.05) is 26.7 Å². The average molecular weight is 299 g/mol. The molecule has 118 valence electrons. The van der Waals surface area contributed by atoms with Crippen molar-refractivity contribution in [3.8, 4) is 0 Å². The first-order valence-electron chi connectivity index (χ1n) is 8.17. The third kappa shape index (κ3) is 4.18. The quantitative estimate of drug-likeness (QED) is 0.821. The Labute approximate surface area is 132 Å². The highest BCUT2D eigenvalue weighted by Crippen LogP contribution is 2.17. The number of piperidine rings is 1. The molecule has 2 aromatic rings. The summed E-state index contributed by atoms with van der Waals surface area (Å²) in [6, 6.07) is 13.4. The van der Waals surface area contributed by atoms with Gasteiger partial charge in [-0.05, 0) is 38.4 Å². The molecule has 1 atom stereocenters. The van der Waals surface area contributed by atoms with E-state index in [-0.39, 0.29) is 0 Å². The van der Waals surface area contributed by atoms with E-state index in [9.17, 15) is 0 Å². The molecule has 22 heavy (non-hydrogen) atoms. The van der Waals surface area contributed by atoms with Gasteiger partial charge in [-0.15, -0.1) is 0 Å². The van der Waals surface area contributed by atoms with Gasteiger partial charge in [0.25, 0.3) is 0 Å². The lowest BCUT2D eigenvalue weighted by Crippen LogP contribution is -2.46. The molecule has 4 heteroatoms. The SMILES string of the molecule is CN(CCc1ccccc1)[C@H]1CCCN(Cc2ccon2)C1. The lowest BCUT2D eigenvalue weighted by molar-refractivity contribution is 0.110. The van der Waals surface area contributed by atoms with Crippen LogP contribution < -0.4 is 0 Å². The van der Waals surface area contributed by atoms with E-state index in [1.165, 1.54) is 18.4 Å². The maximum Gasteiger partial charge on any atom is 0.124 e. The highest BCUT2D eigenvalue weighted by Gasteiger charge is 2.23. The Morgan fingerprint density at radius 1 is 1.27 bits per heavy atom. The molecule has 0 amide bonds. The van der Waals surface area contributed by atoms with Gasteiger partial charge in [-0.3, -0.25) is 4.90 Å². The van der Waals surface area contributed by atoms with Crippen LogP contribution in [-0.4, -0.2) is 47.7 Å². The Hall–Kier alpha value is -1.65. The lowest BCUT2D eigenvalue weighted by Gasteiger charge is -2.37. The molecule has 3 rings (SSSR count). The zero-order valence-electron chi connectivity index (χ0n) is 13.3. The van der Waals surface area contributed by atoms with Crippen LogP contribution in [0.4, 0.5) is 0 Å². The molecular formula is C18H25N3O. The Bertz CT molecular complexity index is 541. The molecule has 0 aliphatic carbocycles. The molecule has 4 nitrogen and oxygen atoms in total. The van der Waals surface area contributed by atoms with E-state index < -0.39 is 0 Å². The summed E-state index contributed by atoms with van der Waals surface area (Å²) in [5, 5.41) is 4.03. The van der Waals surface area contributed by atoms with Crippen LogP contribution in [0, 0.1) is 0 Å². The highest BCUT2D eigenvalue weighted by atomic mass is 16.5. The molecule has 0 radical (unpaired) electrons. The summed E-state index contributed by atoms with van der Waals surface area (Å²) in [6.07, 6.45) is 5.33. The van der Waals surface area contributed by atoms with Crippen molar-refractivity contribution >= 4 is 0 Å². The Balaban J connectivity index is 1.48. The fourth-order valence-electron chi connectivity index (χ4n) is 3.22. The van der Waals surface area contributed by atoms with Crippen molar-refractivity contribution < 1.29 is 4.52 Å². The Morgan fingerprint density at radius 2 is 2.14 bits per heavy atom. The molecule has 0 spiro atoms. The van der Waals surface area contributed by atoms with E-state index in [0.29, 0.717) is 6.04 Å². The second-order valence-corrected chi connectivity index (χ2v) is 6.24. The number of aromatic nitrogens is 1. The minimum Gasteiger partial charge on any atom is -0.364 e.